The van der Waals surface area contributed by atoms with Gasteiger partial charge in [0.2, 0.25) is 0 Å². The number of allylic oxidation sites excluding steroid dienone is 4. The maximum Gasteiger partial charge on any atom is 0.339 e. The van der Waals surface area contributed by atoms with E-state index in [1.54, 1.807) is 64.2 Å². The highest BCUT2D eigenvalue weighted by Gasteiger charge is 2.71. The molecule has 0 unspecified atom stereocenters. The van der Waals surface area contributed by atoms with Crippen LogP contribution in [0.4, 0.5) is 0 Å². The highest BCUT2D eigenvalue weighted by molar-refractivity contribution is 5.52. The van der Waals surface area contributed by atoms with Crippen LogP contribution in [0.2, 0.25) is 0 Å². The molecule has 0 amide bonds. The van der Waals surface area contributed by atoms with E-state index in [2.05, 4.69) is 0 Å². The van der Waals surface area contributed by atoms with Gasteiger partial charge in [-0.15, -0.1) is 0 Å². The van der Waals surface area contributed by atoms with Crippen LogP contribution in [0.5, 0.6) is 5.75 Å². The molecule has 2 N–H and O–H groups in total. The molecule has 2 aliphatic rings. The van der Waals surface area contributed by atoms with Crippen LogP contribution in [0.1, 0.15) is 39.0 Å². The Morgan fingerprint density at radius 3 is 2.40 bits per heavy atom. The Morgan fingerprint density at radius 2 is 1.83 bits per heavy atom. The largest absolute Gasteiger partial charge is 0.496 e. The van der Waals surface area contributed by atoms with Crippen molar-refractivity contribution in [3.05, 3.63) is 58.2 Å². The number of ether oxygens (including phenoxy) is 3. The molecule has 1 aromatic rings. The van der Waals surface area contributed by atoms with Crippen LogP contribution < -0.4 is 10.4 Å². The van der Waals surface area contributed by atoms with Gasteiger partial charge in [0.1, 0.15) is 40.5 Å². The average Bonchev–Trinajstić information content (AvgIpc) is 2.98. The van der Waals surface area contributed by atoms with Crippen molar-refractivity contribution in [2.24, 2.45) is 0 Å². The molecular formula is C23H30O7. The summed E-state index contributed by atoms with van der Waals surface area (Å²) in [6, 6.07) is 1.30. The number of aliphatic hydroxyl groups excluding tert-OH is 1. The molecule has 2 aliphatic heterocycles. The third kappa shape index (κ3) is 3.67. The van der Waals surface area contributed by atoms with Gasteiger partial charge in [0, 0.05) is 5.56 Å². The Kier molecular flexibility index (Phi) is 5.86. The van der Waals surface area contributed by atoms with Gasteiger partial charge >= 0.3 is 5.63 Å². The Morgan fingerprint density at radius 1 is 1.17 bits per heavy atom. The average molecular weight is 418 g/mol. The fourth-order valence-corrected chi connectivity index (χ4v) is 4.32. The first-order valence-corrected chi connectivity index (χ1v) is 9.93. The molecule has 7 nitrogen and oxygen atoms in total. The quantitative estimate of drug-likeness (QED) is 0.685. The number of rotatable bonds is 6. The Balaban J connectivity index is 1.69. The summed E-state index contributed by atoms with van der Waals surface area (Å²) in [5.41, 5.74) is -2.95. The Labute approximate surface area is 176 Å². The summed E-state index contributed by atoms with van der Waals surface area (Å²) in [6.07, 6.45) is 8.34. The van der Waals surface area contributed by atoms with Crippen molar-refractivity contribution in [3.63, 3.8) is 0 Å². The van der Waals surface area contributed by atoms with Crippen molar-refractivity contribution in [3.8, 4) is 5.75 Å². The van der Waals surface area contributed by atoms with E-state index >= 15 is 0 Å². The van der Waals surface area contributed by atoms with Gasteiger partial charge in [-0.3, -0.25) is 0 Å². The molecule has 2 fully saturated rings. The molecule has 0 radical (unpaired) electrons. The van der Waals surface area contributed by atoms with Crippen LogP contribution in [0.3, 0.4) is 0 Å². The van der Waals surface area contributed by atoms with Crippen LogP contribution >= 0.6 is 0 Å². The van der Waals surface area contributed by atoms with Crippen molar-refractivity contribution in [1.29, 1.82) is 0 Å². The smallest absolute Gasteiger partial charge is 0.339 e. The first-order valence-electron chi connectivity index (χ1n) is 9.93. The number of aliphatic hydroxyl groups is 2. The predicted molar refractivity (Wildman–Crippen MR) is 112 cm³/mol. The molecule has 0 spiro atoms. The molecule has 0 saturated carbocycles. The summed E-state index contributed by atoms with van der Waals surface area (Å²) in [5.74, 6) is 0.884. The van der Waals surface area contributed by atoms with E-state index in [4.69, 9.17) is 18.6 Å². The second kappa shape index (κ2) is 7.81. The lowest BCUT2D eigenvalue weighted by atomic mass is 9.82. The van der Waals surface area contributed by atoms with E-state index in [1.165, 1.54) is 13.2 Å². The molecule has 1 aromatic heterocycles. The summed E-state index contributed by atoms with van der Waals surface area (Å²) in [5, 5.41) is 21.6. The van der Waals surface area contributed by atoms with Gasteiger partial charge in [0.25, 0.3) is 0 Å². The molecule has 3 heterocycles. The fourth-order valence-electron chi connectivity index (χ4n) is 4.32. The highest BCUT2D eigenvalue weighted by Crippen LogP contribution is 2.53. The van der Waals surface area contributed by atoms with E-state index in [9.17, 15) is 15.0 Å². The topological polar surface area (TPSA) is 98.4 Å². The van der Waals surface area contributed by atoms with Gasteiger partial charge in [-0.05, 0) is 40.7 Å². The van der Waals surface area contributed by atoms with Crippen molar-refractivity contribution in [2.75, 3.05) is 7.11 Å². The molecule has 164 valence electrons. The molecule has 7 heteroatoms. The molecule has 2 bridgehead atoms. The Hall–Kier alpha value is -2.19. The molecule has 2 saturated heterocycles. The summed E-state index contributed by atoms with van der Waals surface area (Å²) >= 11 is 0. The SMILES string of the molecule is COc1cc(=O)oc(/C=C/C=C/C=C/[C@@](C)(O)[C@@H]2O[C@]3(C)[C@@H](O)[C@@]2(C)O[C@@H]3C)c1C. The number of methoxy groups -OCH3 is 1. The van der Waals surface area contributed by atoms with Gasteiger partial charge in [-0.1, -0.05) is 30.4 Å². The van der Waals surface area contributed by atoms with E-state index in [-0.39, 0.29) is 6.10 Å². The van der Waals surface area contributed by atoms with Crippen molar-refractivity contribution in [1.82, 2.24) is 0 Å². The standard InChI is InChI=1S/C23H30O7/c1-14-16(28-18(24)13-17(14)27-6)11-9-7-8-10-12-21(3,26)20-23(5)19(25)22(4,30-20)15(2)29-23/h7-13,15,19-20,25-26H,1-6H3/b8-7+,11-9+,12-10+/t15-,19-,20+,21-,22+,23-/m1/s1. The van der Waals surface area contributed by atoms with Crippen LogP contribution in [0, 0.1) is 6.92 Å². The highest BCUT2D eigenvalue weighted by atomic mass is 16.7. The number of hydrogen-bond acceptors (Lipinski definition) is 7. The maximum atomic E-state index is 11.6. The van der Waals surface area contributed by atoms with Crippen molar-refractivity contribution in [2.45, 2.75) is 69.7 Å². The molecule has 6 atom stereocenters. The summed E-state index contributed by atoms with van der Waals surface area (Å²) < 4.78 is 22.3. The number of fused-ring (bicyclic) bond motifs is 2. The normalized spacial score (nSPS) is 35.7. The lowest BCUT2D eigenvalue weighted by Crippen LogP contribution is -2.56. The lowest BCUT2D eigenvalue weighted by Gasteiger charge is -2.42. The monoisotopic (exact) mass is 418 g/mol. The van der Waals surface area contributed by atoms with E-state index in [0.29, 0.717) is 11.5 Å². The minimum atomic E-state index is -1.35. The third-order valence-corrected chi connectivity index (χ3v) is 6.18. The predicted octanol–water partition coefficient (Wildman–Crippen LogP) is 2.53. The summed E-state index contributed by atoms with van der Waals surface area (Å²) in [6.45, 7) is 8.85. The summed E-state index contributed by atoms with van der Waals surface area (Å²) in [7, 11) is 1.50. The van der Waals surface area contributed by atoms with E-state index in [0.717, 1.165) is 5.56 Å². The lowest BCUT2D eigenvalue weighted by molar-refractivity contribution is -0.240. The van der Waals surface area contributed by atoms with Gasteiger partial charge in [0.05, 0.1) is 19.3 Å². The van der Waals surface area contributed by atoms with Crippen LogP contribution in [-0.4, -0.2) is 52.4 Å². The molecule has 0 aromatic carbocycles. The first kappa shape index (κ1) is 22.5. The van der Waals surface area contributed by atoms with Crippen molar-refractivity contribution < 1.29 is 28.8 Å². The first-order chi connectivity index (χ1) is 14.0. The zero-order chi connectivity index (χ0) is 22.3. The minimum absolute atomic E-state index is 0.265. The maximum absolute atomic E-state index is 11.6. The van der Waals surface area contributed by atoms with Gasteiger partial charge in [0.15, 0.2) is 0 Å². The molecule has 3 rings (SSSR count). The molecule has 0 aliphatic carbocycles. The van der Waals surface area contributed by atoms with Crippen LogP contribution in [0.25, 0.3) is 6.08 Å². The zero-order valence-electron chi connectivity index (χ0n) is 18.2. The second-order valence-electron chi connectivity index (χ2n) is 8.48. The second-order valence-corrected chi connectivity index (χ2v) is 8.48. The molecular weight excluding hydrogens is 388 g/mol. The van der Waals surface area contributed by atoms with Gasteiger partial charge < -0.3 is 28.8 Å². The zero-order valence-corrected chi connectivity index (χ0v) is 18.2. The third-order valence-electron chi connectivity index (χ3n) is 6.18. The van der Waals surface area contributed by atoms with E-state index < -0.39 is 34.6 Å². The van der Waals surface area contributed by atoms with Crippen LogP contribution in [-0.2, 0) is 9.47 Å². The van der Waals surface area contributed by atoms with Crippen molar-refractivity contribution >= 4 is 6.08 Å². The van der Waals surface area contributed by atoms with Gasteiger partial charge in [-0.25, -0.2) is 4.79 Å². The Bertz CT molecular complexity index is 941. The van der Waals surface area contributed by atoms with E-state index in [1.807, 2.05) is 6.92 Å². The fraction of sp³-hybridized carbons (Fsp3) is 0.522. The molecule has 30 heavy (non-hydrogen) atoms. The van der Waals surface area contributed by atoms with Crippen LogP contribution in [0.15, 0.2) is 45.7 Å². The summed E-state index contributed by atoms with van der Waals surface area (Å²) in [4.78, 5) is 11.6. The number of hydrogen-bond donors (Lipinski definition) is 2. The van der Waals surface area contributed by atoms with Gasteiger partial charge in [-0.2, -0.15) is 0 Å². The minimum Gasteiger partial charge on any atom is -0.496 e.